The van der Waals surface area contributed by atoms with Crippen LogP contribution in [0.1, 0.15) is 24.3 Å². The lowest BCUT2D eigenvalue weighted by molar-refractivity contribution is 0.0749. The van der Waals surface area contributed by atoms with Gasteiger partial charge < -0.3 is 10.1 Å². The summed E-state index contributed by atoms with van der Waals surface area (Å²) in [6, 6.07) is 3.10. The van der Waals surface area contributed by atoms with Crippen LogP contribution in [-0.2, 0) is 11.8 Å². The van der Waals surface area contributed by atoms with E-state index in [2.05, 4.69) is 29.2 Å². The number of nitrogens with zero attached hydrogens (tertiary/aromatic N) is 3. The molecular formula is C14H22N4O3. The summed E-state index contributed by atoms with van der Waals surface area (Å²) in [6.07, 6.45) is -0.0381. The molecule has 0 saturated carbocycles. The van der Waals surface area contributed by atoms with Crippen LogP contribution in [0.3, 0.4) is 0 Å². The zero-order valence-electron chi connectivity index (χ0n) is 12.9. The van der Waals surface area contributed by atoms with Gasteiger partial charge in [-0.05, 0) is 19.9 Å². The molecule has 1 fully saturated rings. The van der Waals surface area contributed by atoms with Crippen LogP contribution < -0.4 is 10.9 Å². The standard InChI is InChI=1S/C14H22N4O3/c1-9(2)18-7-11(12(8-18)21-4)15-14(20)10-5-6-13(19)17(3)16-10/h5-6,9,11-12H,7-8H2,1-4H3,(H,15,20)/t11-,12-/m1/s1. The second-order valence-corrected chi connectivity index (χ2v) is 5.58. The largest absolute Gasteiger partial charge is 0.378 e. The maximum atomic E-state index is 12.2. The fourth-order valence-corrected chi connectivity index (χ4v) is 2.47. The summed E-state index contributed by atoms with van der Waals surface area (Å²) < 4.78 is 6.60. The molecule has 1 aromatic rings. The van der Waals surface area contributed by atoms with E-state index < -0.39 is 0 Å². The van der Waals surface area contributed by atoms with Crippen molar-refractivity contribution in [3.8, 4) is 0 Å². The minimum Gasteiger partial charge on any atom is -0.378 e. The predicted molar refractivity (Wildman–Crippen MR) is 78.2 cm³/mol. The highest BCUT2D eigenvalue weighted by molar-refractivity contribution is 5.92. The molecule has 7 heteroatoms. The smallest absolute Gasteiger partial charge is 0.272 e. The molecule has 1 aliphatic heterocycles. The van der Waals surface area contributed by atoms with E-state index in [0.29, 0.717) is 6.04 Å². The molecule has 7 nitrogen and oxygen atoms in total. The summed E-state index contributed by atoms with van der Waals surface area (Å²) >= 11 is 0. The quantitative estimate of drug-likeness (QED) is 0.819. The third-order valence-corrected chi connectivity index (χ3v) is 3.84. The number of hydrogen-bond donors (Lipinski definition) is 1. The number of hydrogen-bond acceptors (Lipinski definition) is 5. The van der Waals surface area contributed by atoms with Crippen LogP contribution in [0.2, 0.25) is 0 Å². The molecule has 0 radical (unpaired) electrons. The number of methoxy groups -OCH3 is 1. The lowest BCUT2D eigenvalue weighted by Gasteiger charge is -2.19. The maximum absolute atomic E-state index is 12.2. The van der Waals surface area contributed by atoms with Gasteiger partial charge >= 0.3 is 0 Å². The third kappa shape index (κ3) is 3.48. The highest BCUT2D eigenvalue weighted by atomic mass is 16.5. The lowest BCUT2D eigenvalue weighted by atomic mass is 10.2. The van der Waals surface area contributed by atoms with Crippen molar-refractivity contribution in [3.63, 3.8) is 0 Å². The summed E-state index contributed by atoms with van der Waals surface area (Å²) in [4.78, 5) is 25.8. The first kappa shape index (κ1) is 15.7. The van der Waals surface area contributed by atoms with E-state index in [4.69, 9.17) is 4.74 Å². The van der Waals surface area contributed by atoms with E-state index in [0.717, 1.165) is 17.8 Å². The Hall–Kier alpha value is -1.73. The first-order valence-electron chi connectivity index (χ1n) is 7.04. The Morgan fingerprint density at radius 3 is 2.71 bits per heavy atom. The van der Waals surface area contributed by atoms with Crippen molar-refractivity contribution in [3.05, 3.63) is 28.2 Å². The molecular weight excluding hydrogens is 272 g/mol. The van der Waals surface area contributed by atoms with Gasteiger partial charge in [-0.2, -0.15) is 5.10 Å². The number of rotatable bonds is 4. The molecule has 0 aromatic carbocycles. The van der Waals surface area contributed by atoms with Crippen molar-refractivity contribution in [2.24, 2.45) is 7.05 Å². The molecule has 0 bridgehead atoms. The lowest BCUT2D eigenvalue weighted by Crippen LogP contribution is -2.44. The maximum Gasteiger partial charge on any atom is 0.272 e. The van der Waals surface area contributed by atoms with Crippen molar-refractivity contribution in [2.45, 2.75) is 32.0 Å². The SMILES string of the molecule is CO[C@@H]1CN(C(C)C)C[C@H]1NC(=O)c1ccc(=O)n(C)n1. The van der Waals surface area contributed by atoms with Gasteiger partial charge in [0.25, 0.3) is 11.5 Å². The summed E-state index contributed by atoms with van der Waals surface area (Å²) in [5.74, 6) is -0.289. The molecule has 21 heavy (non-hydrogen) atoms. The number of ether oxygens (including phenoxy) is 1. The van der Waals surface area contributed by atoms with E-state index in [1.54, 1.807) is 7.11 Å². The zero-order valence-corrected chi connectivity index (χ0v) is 12.9. The molecule has 2 atom stereocenters. The molecule has 1 N–H and O–H groups in total. The fraction of sp³-hybridized carbons (Fsp3) is 0.643. The number of carbonyl (C=O) groups excluding carboxylic acids is 1. The van der Waals surface area contributed by atoms with Gasteiger partial charge in [0, 0.05) is 39.4 Å². The summed E-state index contributed by atoms with van der Waals surface area (Å²) in [5, 5.41) is 6.90. The third-order valence-electron chi connectivity index (χ3n) is 3.84. The summed E-state index contributed by atoms with van der Waals surface area (Å²) in [7, 11) is 3.17. The van der Waals surface area contributed by atoms with Gasteiger partial charge in [-0.3, -0.25) is 14.5 Å². The minimum absolute atomic E-state index is 0.0381. The van der Waals surface area contributed by atoms with Crippen LogP contribution in [0, 0.1) is 0 Å². The Bertz CT molecular complexity index is 570. The van der Waals surface area contributed by atoms with Gasteiger partial charge in [-0.15, -0.1) is 0 Å². The van der Waals surface area contributed by atoms with E-state index in [9.17, 15) is 9.59 Å². The zero-order chi connectivity index (χ0) is 15.6. The summed E-state index contributed by atoms with van der Waals surface area (Å²) in [6.45, 7) is 5.77. The fourth-order valence-electron chi connectivity index (χ4n) is 2.47. The van der Waals surface area contributed by atoms with Crippen molar-refractivity contribution < 1.29 is 9.53 Å². The van der Waals surface area contributed by atoms with Crippen LogP contribution in [0.5, 0.6) is 0 Å². The van der Waals surface area contributed by atoms with Gasteiger partial charge in [0.15, 0.2) is 0 Å². The monoisotopic (exact) mass is 294 g/mol. The Balaban J connectivity index is 2.07. The molecule has 1 amide bonds. The van der Waals surface area contributed by atoms with Gasteiger partial charge in [0.1, 0.15) is 5.69 Å². The van der Waals surface area contributed by atoms with Crippen molar-refractivity contribution in [1.82, 2.24) is 20.0 Å². The molecule has 0 unspecified atom stereocenters. The number of aromatic nitrogens is 2. The Kier molecular flexibility index (Phi) is 4.74. The van der Waals surface area contributed by atoms with Gasteiger partial charge in [-0.25, -0.2) is 4.68 Å². The highest BCUT2D eigenvalue weighted by Crippen LogP contribution is 2.16. The topological polar surface area (TPSA) is 76.5 Å². The Morgan fingerprint density at radius 2 is 2.14 bits per heavy atom. The number of likely N-dealkylation sites (tertiary alicyclic amines) is 1. The van der Waals surface area contributed by atoms with E-state index in [-0.39, 0.29) is 29.3 Å². The normalized spacial score (nSPS) is 22.7. The number of carbonyl (C=O) groups is 1. The molecule has 0 aliphatic carbocycles. The van der Waals surface area contributed by atoms with Gasteiger partial charge in [0.05, 0.1) is 12.1 Å². The number of aryl methyl sites for hydroxylation is 1. The molecule has 2 rings (SSSR count). The average Bonchev–Trinajstić information content (AvgIpc) is 2.85. The van der Waals surface area contributed by atoms with Crippen molar-refractivity contribution in [2.75, 3.05) is 20.2 Å². The second-order valence-electron chi connectivity index (χ2n) is 5.58. The second kappa shape index (κ2) is 6.36. The van der Waals surface area contributed by atoms with E-state index in [1.807, 2.05) is 0 Å². The van der Waals surface area contributed by atoms with Crippen LogP contribution in [0.15, 0.2) is 16.9 Å². The number of amides is 1. The molecule has 2 heterocycles. The van der Waals surface area contributed by atoms with Gasteiger partial charge in [0.2, 0.25) is 0 Å². The van der Waals surface area contributed by atoms with E-state index >= 15 is 0 Å². The Labute approximate surface area is 123 Å². The van der Waals surface area contributed by atoms with Crippen LogP contribution in [-0.4, -0.2) is 59.0 Å². The van der Waals surface area contributed by atoms with Crippen molar-refractivity contribution >= 4 is 5.91 Å². The summed E-state index contributed by atoms with van der Waals surface area (Å²) in [5.41, 5.74) is -0.0110. The molecule has 116 valence electrons. The predicted octanol–water partition coefficient (Wildman–Crippen LogP) is -0.382. The van der Waals surface area contributed by atoms with Crippen LogP contribution in [0.4, 0.5) is 0 Å². The molecule has 1 aromatic heterocycles. The first-order valence-corrected chi connectivity index (χ1v) is 7.04. The van der Waals surface area contributed by atoms with Gasteiger partial charge in [-0.1, -0.05) is 0 Å². The molecule has 0 spiro atoms. The Morgan fingerprint density at radius 1 is 1.43 bits per heavy atom. The van der Waals surface area contributed by atoms with Crippen LogP contribution >= 0.6 is 0 Å². The molecule has 1 saturated heterocycles. The first-order chi connectivity index (χ1) is 9.92. The highest BCUT2D eigenvalue weighted by Gasteiger charge is 2.35. The number of nitrogens with one attached hydrogen (secondary N) is 1. The molecule has 1 aliphatic rings. The van der Waals surface area contributed by atoms with Crippen LogP contribution in [0.25, 0.3) is 0 Å². The van der Waals surface area contributed by atoms with Crippen molar-refractivity contribution in [1.29, 1.82) is 0 Å². The average molecular weight is 294 g/mol. The minimum atomic E-state index is -0.289. The van der Waals surface area contributed by atoms with E-state index in [1.165, 1.54) is 19.2 Å².